The molecule has 0 radical (unpaired) electrons. The number of amides is 1. The van der Waals surface area contributed by atoms with E-state index in [-0.39, 0.29) is 18.1 Å². The molecule has 1 aliphatic carbocycles. The van der Waals surface area contributed by atoms with Crippen molar-refractivity contribution in [1.29, 1.82) is 0 Å². The molecule has 1 saturated heterocycles. The van der Waals surface area contributed by atoms with Gasteiger partial charge in [-0.15, -0.1) is 0 Å². The topological polar surface area (TPSA) is 49.9 Å². The van der Waals surface area contributed by atoms with Crippen LogP contribution in [-0.4, -0.2) is 61.0 Å². The molecule has 1 aromatic carbocycles. The molecule has 0 atom stereocenters. The number of ether oxygens (including phenoxy) is 1. The summed E-state index contributed by atoms with van der Waals surface area (Å²) in [6.45, 7) is 3.99. The van der Waals surface area contributed by atoms with Crippen molar-refractivity contribution in [3.63, 3.8) is 0 Å². The Morgan fingerprint density at radius 2 is 1.92 bits per heavy atom. The lowest BCUT2D eigenvalue weighted by Gasteiger charge is -2.38. The molecule has 3 rings (SSSR count). The summed E-state index contributed by atoms with van der Waals surface area (Å²) in [5.41, 5.74) is 0.228. The Hall–Kier alpha value is -1.95. The lowest BCUT2D eigenvalue weighted by molar-refractivity contribution is -0.140. The number of hydrogen-bond acceptors (Lipinski definition) is 4. The molecule has 1 heterocycles. The SMILES string of the molecule is O=C(OCCN1CCN(C(=O)C2CCC2)CC1)c1cccc(F)c1. The summed E-state index contributed by atoms with van der Waals surface area (Å²) in [5, 5.41) is 0. The fourth-order valence-corrected chi connectivity index (χ4v) is 3.07. The quantitative estimate of drug-likeness (QED) is 0.772. The molecule has 0 spiro atoms. The lowest BCUT2D eigenvalue weighted by Crippen LogP contribution is -2.51. The van der Waals surface area contributed by atoms with Gasteiger partial charge in [-0.05, 0) is 31.0 Å². The lowest BCUT2D eigenvalue weighted by atomic mass is 9.84. The Bertz CT molecular complexity index is 596. The van der Waals surface area contributed by atoms with Crippen molar-refractivity contribution in [3.8, 4) is 0 Å². The molecule has 24 heavy (non-hydrogen) atoms. The Morgan fingerprint density at radius 1 is 1.17 bits per heavy atom. The van der Waals surface area contributed by atoms with E-state index in [1.54, 1.807) is 0 Å². The second-order valence-electron chi connectivity index (χ2n) is 6.44. The van der Waals surface area contributed by atoms with E-state index >= 15 is 0 Å². The van der Waals surface area contributed by atoms with Crippen LogP contribution in [0.5, 0.6) is 0 Å². The van der Waals surface area contributed by atoms with Crippen LogP contribution >= 0.6 is 0 Å². The molecule has 1 amide bonds. The predicted octanol–water partition coefficient (Wildman–Crippen LogP) is 1.93. The zero-order valence-electron chi connectivity index (χ0n) is 13.7. The highest BCUT2D eigenvalue weighted by Crippen LogP contribution is 2.28. The molecule has 130 valence electrons. The largest absolute Gasteiger partial charge is 0.461 e. The van der Waals surface area contributed by atoms with Gasteiger partial charge in [0.15, 0.2) is 0 Å². The summed E-state index contributed by atoms with van der Waals surface area (Å²) in [7, 11) is 0. The molecule has 1 aromatic rings. The van der Waals surface area contributed by atoms with E-state index in [0.717, 1.165) is 39.0 Å². The van der Waals surface area contributed by atoms with Crippen LogP contribution < -0.4 is 0 Å². The number of benzene rings is 1. The fourth-order valence-electron chi connectivity index (χ4n) is 3.07. The number of carbonyl (C=O) groups excluding carboxylic acids is 2. The number of nitrogens with zero attached hydrogens (tertiary/aromatic N) is 2. The van der Waals surface area contributed by atoms with Crippen molar-refractivity contribution >= 4 is 11.9 Å². The minimum atomic E-state index is -0.506. The summed E-state index contributed by atoms with van der Waals surface area (Å²) in [4.78, 5) is 28.2. The van der Waals surface area contributed by atoms with Gasteiger partial charge >= 0.3 is 5.97 Å². The van der Waals surface area contributed by atoms with Crippen molar-refractivity contribution in [2.45, 2.75) is 19.3 Å². The monoisotopic (exact) mass is 334 g/mol. The van der Waals surface area contributed by atoms with Crippen molar-refractivity contribution in [1.82, 2.24) is 9.80 Å². The van der Waals surface area contributed by atoms with Crippen molar-refractivity contribution < 1.29 is 18.7 Å². The van der Waals surface area contributed by atoms with Crippen molar-refractivity contribution in [2.75, 3.05) is 39.3 Å². The van der Waals surface area contributed by atoms with Crippen LogP contribution in [-0.2, 0) is 9.53 Å². The molecule has 5 nitrogen and oxygen atoms in total. The van der Waals surface area contributed by atoms with Gasteiger partial charge in [0.25, 0.3) is 0 Å². The number of halogens is 1. The van der Waals surface area contributed by atoms with Crippen LogP contribution in [0.4, 0.5) is 4.39 Å². The molecule has 0 unspecified atom stereocenters. The van der Waals surface area contributed by atoms with Gasteiger partial charge in [0.05, 0.1) is 5.56 Å². The number of esters is 1. The van der Waals surface area contributed by atoms with Gasteiger partial charge in [0.2, 0.25) is 5.91 Å². The van der Waals surface area contributed by atoms with Crippen LogP contribution in [0.15, 0.2) is 24.3 Å². The van der Waals surface area contributed by atoms with E-state index < -0.39 is 11.8 Å². The Kier molecular flexibility index (Phi) is 5.45. The van der Waals surface area contributed by atoms with E-state index in [1.165, 1.54) is 30.7 Å². The van der Waals surface area contributed by atoms with E-state index in [2.05, 4.69) is 4.90 Å². The number of carbonyl (C=O) groups is 2. The smallest absolute Gasteiger partial charge is 0.338 e. The van der Waals surface area contributed by atoms with Gasteiger partial charge in [0.1, 0.15) is 12.4 Å². The molecule has 6 heteroatoms. The molecule has 1 saturated carbocycles. The third-order valence-electron chi connectivity index (χ3n) is 4.84. The van der Waals surface area contributed by atoms with Crippen LogP contribution in [0.25, 0.3) is 0 Å². The zero-order chi connectivity index (χ0) is 16.9. The normalized spacial score (nSPS) is 19.0. The third kappa shape index (κ3) is 4.12. The van der Waals surface area contributed by atoms with Crippen molar-refractivity contribution in [2.24, 2.45) is 5.92 Å². The van der Waals surface area contributed by atoms with Crippen molar-refractivity contribution in [3.05, 3.63) is 35.6 Å². The third-order valence-corrected chi connectivity index (χ3v) is 4.84. The van der Waals surface area contributed by atoms with Gasteiger partial charge < -0.3 is 9.64 Å². The first-order valence-corrected chi connectivity index (χ1v) is 8.57. The number of piperazine rings is 1. The van der Waals surface area contributed by atoms with E-state index in [4.69, 9.17) is 4.74 Å². The van der Waals surface area contributed by atoms with Crippen LogP contribution in [0.3, 0.4) is 0 Å². The average Bonchev–Trinajstić information content (AvgIpc) is 2.53. The Balaban J connectivity index is 1.36. The standard InChI is InChI=1S/C18H23FN2O3/c19-16-6-2-5-15(13-16)18(23)24-12-11-20-7-9-21(10-8-20)17(22)14-3-1-4-14/h2,5-6,13-14H,1,3-4,7-12H2. The molecular formula is C18H23FN2O3. The molecule has 0 bridgehead atoms. The van der Waals surface area contributed by atoms with Gasteiger partial charge in [0, 0.05) is 38.6 Å². The molecule has 0 N–H and O–H groups in total. The van der Waals surface area contributed by atoms with Crippen LogP contribution in [0.1, 0.15) is 29.6 Å². The fraction of sp³-hybridized carbons (Fsp3) is 0.556. The molecule has 1 aliphatic heterocycles. The summed E-state index contributed by atoms with van der Waals surface area (Å²) in [5.74, 6) is -0.396. The first-order chi connectivity index (χ1) is 11.6. The predicted molar refractivity (Wildman–Crippen MR) is 87.0 cm³/mol. The highest BCUT2D eigenvalue weighted by Gasteiger charge is 2.31. The van der Waals surface area contributed by atoms with Crippen LogP contribution in [0.2, 0.25) is 0 Å². The molecule has 2 aliphatic rings. The minimum Gasteiger partial charge on any atom is -0.461 e. The van der Waals surface area contributed by atoms with Crippen LogP contribution in [0, 0.1) is 11.7 Å². The van der Waals surface area contributed by atoms with E-state index in [9.17, 15) is 14.0 Å². The van der Waals surface area contributed by atoms with Gasteiger partial charge in [-0.3, -0.25) is 9.69 Å². The van der Waals surface area contributed by atoms with E-state index in [1.807, 2.05) is 4.90 Å². The molecular weight excluding hydrogens is 311 g/mol. The van der Waals surface area contributed by atoms with Gasteiger partial charge in [-0.25, -0.2) is 9.18 Å². The van der Waals surface area contributed by atoms with E-state index in [0.29, 0.717) is 12.5 Å². The van der Waals surface area contributed by atoms with Gasteiger partial charge in [-0.2, -0.15) is 0 Å². The second kappa shape index (κ2) is 7.75. The highest BCUT2D eigenvalue weighted by molar-refractivity contribution is 5.89. The summed E-state index contributed by atoms with van der Waals surface area (Å²) >= 11 is 0. The maximum absolute atomic E-state index is 13.1. The zero-order valence-corrected chi connectivity index (χ0v) is 13.7. The summed E-state index contributed by atoms with van der Waals surface area (Å²) in [6.07, 6.45) is 3.25. The Labute approximate surface area is 141 Å². The first-order valence-electron chi connectivity index (χ1n) is 8.57. The maximum Gasteiger partial charge on any atom is 0.338 e. The summed E-state index contributed by atoms with van der Waals surface area (Å²) in [6, 6.07) is 5.49. The number of rotatable bonds is 5. The summed E-state index contributed by atoms with van der Waals surface area (Å²) < 4.78 is 18.3. The Morgan fingerprint density at radius 3 is 2.54 bits per heavy atom. The highest BCUT2D eigenvalue weighted by atomic mass is 19.1. The first kappa shape index (κ1) is 16.9. The molecule has 2 fully saturated rings. The average molecular weight is 334 g/mol. The second-order valence-corrected chi connectivity index (χ2v) is 6.44. The van der Waals surface area contributed by atoms with Gasteiger partial charge in [-0.1, -0.05) is 12.5 Å². The molecule has 0 aromatic heterocycles. The maximum atomic E-state index is 13.1. The number of hydrogen-bond donors (Lipinski definition) is 0. The minimum absolute atomic E-state index is 0.228.